The third-order valence-corrected chi connectivity index (χ3v) is 4.31. The Hall–Kier alpha value is -3.41. The molecule has 2 aromatic carbocycles. The lowest BCUT2D eigenvalue weighted by Crippen LogP contribution is -2.05. The van der Waals surface area contributed by atoms with Gasteiger partial charge in [-0.1, -0.05) is 18.2 Å². The Labute approximate surface area is 157 Å². The average Bonchev–Trinajstić information content (AvgIpc) is 3.03. The number of allylic oxidation sites excluding steroid dienone is 1. The number of benzene rings is 2. The van der Waals surface area contributed by atoms with Crippen LogP contribution in [0.25, 0.3) is 6.08 Å². The molecule has 0 aliphatic carbocycles. The van der Waals surface area contributed by atoms with E-state index in [1.807, 2.05) is 55.5 Å². The van der Waals surface area contributed by atoms with Gasteiger partial charge in [0, 0.05) is 30.3 Å². The Bertz CT molecular complexity index is 988. The lowest BCUT2D eigenvalue weighted by Gasteiger charge is -2.08. The van der Waals surface area contributed by atoms with E-state index in [2.05, 4.69) is 15.5 Å². The van der Waals surface area contributed by atoms with Crippen LogP contribution in [0.2, 0.25) is 0 Å². The Morgan fingerprint density at radius 1 is 1.07 bits per heavy atom. The molecule has 0 saturated heterocycles. The molecule has 0 fully saturated rings. The highest BCUT2D eigenvalue weighted by molar-refractivity contribution is 6.13. The highest BCUT2D eigenvalue weighted by atomic mass is 16.7. The fourth-order valence-corrected chi connectivity index (χ4v) is 3.05. The van der Waals surface area contributed by atoms with Crippen LogP contribution in [0.1, 0.15) is 30.5 Å². The molecule has 2 aliphatic heterocycles. The van der Waals surface area contributed by atoms with Gasteiger partial charge in [0.05, 0.1) is 5.71 Å². The van der Waals surface area contributed by atoms with Crippen molar-refractivity contribution >= 4 is 29.1 Å². The van der Waals surface area contributed by atoms with Gasteiger partial charge in [0.25, 0.3) is 0 Å². The molecule has 1 amide bonds. The maximum atomic E-state index is 11.1. The highest BCUT2D eigenvalue weighted by Crippen LogP contribution is 2.36. The molecule has 2 aliphatic rings. The molecule has 2 aromatic rings. The van der Waals surface area contributed by atoms with Crippen LogP contribution in [0.5, 0.6) is 11.5 Å². The van der Waals surface area contributed by atoms with Crippen molar-refractivity contribution in [3.63, 3.8) is 0 Å². The number of hydrogen-bond donors (Lipinski definition) is 1. The molecule has 1 N–H and O–H groups in total. The minimum absolute atomic E-state index is 0.0883. The number of rotatable bonds is 3. The lowest BCUT2D eigenvalue weighted by molar-refractivity contribution is -0.114. The number of ether oxygens (including phenoxy) is 2. The molecule has 136 valence electrons. The molecule has 2 heterocycles. The standard InChI is InChI=1S/C21H19N3O3/c1-13-9-16-10-20-21(27-12-26-20)11-18(16)19(24-23-13)8-5-15-3-6-17(7-4-15)22-14(2)25/h3-8,10-11H,9,12H2,1-2H3,(H,22,25). The van der Waals surface area contributed by atoms with Gasteiger partial charge in [0.2, 0.25) is 12.7 Å². The minimum atomic E-state index is -0.0883. The van der Waals surface area contributed by atoms with Gasteiger partial charge in [-0.05, 0) is 48.4 Å². The first-order valence-corrected chi connectivity index (χ1v) is 8.68. The fourth-order valence-electron chi connectivity index (χ4n) is 3.05. The Morgan fingerprint density at radius 2 is 1.81 bits per heavy atom. The quantitative estimate of drug-likeness (QED) is 0.904. The predicted octanol–water partition coefficient (Wildman–Crippen LogP) is 3.81. The predicted molar refractivity (Wildman–Crippen MR) is 106 cm³/mol. The zero-order valence-electron chi connectivity index (χ0n) is 15.2. The zero-order valence-corrected chi connectivity index (χ0v) is 15.2. The van der Waals surface area contributed by atoms with Crippen LogP contribution in [0, 0.1) is 0 Å². The SMILES string of the molecule is CC(=O)Nc1ccc(C=CC2=NN=C(C)Cc3cc4c(cc32)OCO4)cc1. The number of carbonyl (C=O) groups is 1. The summed E-state index contributed by atoms with van der Waals surface area (Å²) in [5, 5.41) is 11.5. The molecule has 0 bridgehead atoms. The smallest absolute Gasteiger partial charge is 0.231 e. The van der Waals surface area contributed by atoms with E-state index >= 15 is 0 Å². The number of carbonyl (C=O) groups excluding carboxylic acids is 1. The van der Waals surface area contributed by atoms with E-state index in [4.69, 9.17) is 9.47 Å². The Balaban J connectivity index is 1.63. The van der Waals surface area contributed by atoms with Crippen molar-refractivity contribution in [2.24, 2.45) is 10.2 Å². The summed E-state index contributed by atoms with van der Waals surface area (Å²) in [5.41, 5.74) is 5.58. The molecule has 6 heteroatoms. The molecule has 0 spiro atoms. The molecule has 0 saturated carbocycles. The lowest BCUT2D eigenvalue weighted by atomic mass is 9.97. The summed E-state index contributed by atoms with van der Waals surface area (Å²) < 4.78 is 11.0. The second-order valence-electron chi connectivity index (χ2n) is 6.50. The molecular formula is C21H19N3O3. The van der Waals surface area contributed by atoms with Gasteiger partial charge in [-0.15, -0.1) is 0 Å². The third kappa shape index (κ3) is 3.74. The third-order valence-electron chi connectivity index (χ3n) is 4.31. The number of amides is 1. The van der Waals surface area contributed by atoms with Crippen molar-refractivity contribution in [1.82, 2.24) is 0 Å². The summed E-state index contributed by atoms with van der Waals surface area (Å²) in [6.45, 7) is 3.70. The minimum Gasteiger partial charge on any atom is -0.454 e. The van der Waals surface area contributed by atoms with Crippen LogP contribution < -0.4 is 14.8 Å². The molecular weight excluding hydrogens is 342 g/mol. The van der Waals surface area contributed by atoms with Gasteiger partial charge >= 0.3 is 0 Å². The van der Waals surface area contributed by atoms with Crippen LogP contribution >= 0.6 is 0 Å². The van der Waals surface area contributed by atoms with Crippen LogP contribution in [0.3, 0.4) is 0 Å². The first-order valence-electron chi connectivity index (χ1n) is 8.68. The highest BCUT2D eigenvalue weighted by Gasteiger charge is 2.20. The molecule has 0 unspecified atom stereocenters. The molecule has 6 nitrogen and oxygen atoms in total. The molecule has 0 aromatic heterocycles. The van der Waals surface area contributed by atoms with Gasteiger partial charge in [-0.25, -0.2) is 0 Å². The second-order valence-corrected chi connectivity index (χ2v) is 6.50. The Morgan fingerprint density at radius 3 is 2.56 bits per heavy atom. The van der Waals surface area contributed by atoms with E-state index in [9.17, 15) is 4.79 Å². The van der Waals surface area contributed by atoms with Crippen LogP contribution in [-0.2, 0) is 11.2 Å². The fraction of sp³-hybridized carbons (Fsp3) is 0.190. The van der Waals surface area contributed by atoms with Crippen molar-refractivity contribution < 1.29 is 14.3 Å². The van der Waals surface area contributed by atoms with E-state index in [1.54, 1.807) is 0 Å². The van der Waals surface area contributed by atoms with Crippen LogP contribution in [0.15, 0.2) is 52.7 Å². The van der Waals surface area contributed by atoms with Crippen molar-refractivity contribution in [1.29, 1.82) is 0 Å². The number of nitrogens with zero attached hydrogens (tertiary/aromatic N) is 2. The molecule has 27 heavy (non-hydrogen) atoms. The van der Waals surface area contributed by atoms with Gasteiger partial charge in [-0.3, -0.25) is 4.79 Å². The monoisotopic (exact) mass is 361 g/mol. The van der Waals surface area contributed by atoms with Crippen LogP contribution in [-0.4, -0.2) is 24.1 Å². The summed E-state index contributed by atoms with van der Waals surface area (Å²) in [6.07, 6.45) is 4.63. The maximum absolute atomic E-state index is 11.1. The van der Waals surface area contributed by atoms with Gasteiger partial charge in [-0.2, -0.15) is 10.2 Å². The summed E-state index contributed by atoms with van der Waals surface area (Å²) in [5.74, 6) is 1.41. The largest absolute Gasteiger partial charge is 0.454 e. The summed E-state index contributed by atoms with van der Waals surface area (Å²) in [4.78, 5) is 11.1. The van der Waals surface area contributed by atoms with Crippen molar-refractivity contribution in [3.05, 3.63) is 59.2 Å². The summed E-state index contributed by atoms with van der Waals surface area (Å²) in [6, 6.07) is 11.6. The second kappa shape index (κ2) is 7.07. The van der Waals surface area contributed by atoms with Crippen molar-refractivity contribution in [2.45, 2.75) is 20.3 Å². The molecule has 0 radical (unpaired) electrons. The van der Waals surface area contributed by atoms with Crippen molar-refractivity contribution in [2.75, 3.05) is 12.1 Å². The van der Waals surface area contributed by atoms with Gasteiger partial charge in [0.1, 0.15) is 0 Å². The number of anilines is 1. The molecule has 4 rings (SSSR count). The number of fused-ring (bicyclic) bond motifs is 2. The molecule has 0 atom stereocenters. The van der Waals surface area contributed by atoms with E-state index in [0.717, 1.165) is 51.7 Å². The van der Waals surface area contributed by atoms with E-state index < -0.39 is 0 Å². The van der Waals surface area contributed by atoms with Crippen molar-refractivity contribution in [3.8, 4) is 11.5 Å². The van der Waals surface area contributed by atoms with Gasteiger partial charge < -0.3 is 14.8 Å². The summed E-state index contributed by atoms with van der Waals surface area (Å²) >= 11 is 0. The van der Waals surface area contributed by atoms with E-state index in [1.165, 1.54) is 6.92 Å². The topological polar surface area (TPSA) is 72.3 Å². The average molecular weight is 361 g/mol. The zero-order chi connectivity index (χ0) is 18.8. The maximum Gasteiger partial charge on any atom is 0.231 e. The van der Waals surface area contributed by atoms with Gasteiger partial charge in [0.15, 0.2) is 11.5 Å². The summed E-state index contributed by atoms with van der Waals surface area (Å²) in [7, 11) is 0. The van der Waals surface area contributed by atoms with Crippen LogP contribution in [0.4, 0.5) is 5.69 Å². The first-order chi connectivity index (χ1) is 13.1. The number of hydrogen-bond acceptors (Lipinski definition) is 5. The number of nitrogens with one attached hydrogen (secondary N) is 1. The first kappa shape index (κ1) is 17.0. The Kier molecular flexibility index (Phi) is 4.46. The normalized spacial score (nSPS) is 15.0. The van der Waals surface area contributed by atoms with E-state index in [-0.39, 0.29) is 12.7 Å². The van der Waals surface area contributed by atoms with E-state index in [0.29, 0.717) is 0 Å².